The van der Waals surface area contributed by atoms with Crippen LogP contribution in [0.2, 0.25) is 0 Å². The third kappa shape index (κ3) is 5.90. The van der Waals surface area contributed by atoms with E-state index >= 15 is 0 Å². The fourth-order valence-electron chi connectivity index (χ4n) is 12.6. The van der Waals surface area contributed by atoms with E-state index in [-0.39, 0.29) is 23.0 Å². The van der Waals surface area contributed by atoms with Gasteiger partial charge < -0.3 is 64.2 Å². The van der Waals surface area contributed by atoms with Gasteiger partial charge in [0.1, 0.15) is 48.8 Å². The molecule has 8 rings (SSSR count). The van der Waals surface area contributed by atoms with Crippen molar-refractivity contribution in [2.24, 2.45) is 46.3 Å². The van der Waals surface area contributed by atoms with Crippen LogP contribution in [-0.4, -0.2) is 135 Å². The van der Waals surface area contributed by atoms with Gasteiger partial charge >= 0.3 is 0 Å². The molecule has 7 N–H and O–H groups in total. The fourth-order valence-corrected chi connectivity index (χ4v) is 12.6. The maximum Gasteiger partial charge on any atom is 0.187 e. The molecule has 7 fully saturated rings. The molecule has 4 aliphatic carbocycles. The second-order valence-electron chi connectivity index (χ2n) is 18.3. The second kappa shape index (κ2) is 14.0. The summed E-state index contributed by atoms with van der Waals surface area (Å²) in [5.74, 6) is 2.83. The lowest BCUT2D eigenvalue weighted by molar-refractivity contribution is -0.372. The van der Waals surface area contributed by atoms with Crippen LogP contribution in [-0.2, 0) is 28.4 Å². The van der Waals surface area contributed by atoms with Crippen LogP contribution in [0.4, 0.5) is 0 Å². The monoisotopic (exact) mass is 738 g/mol. The normalized spacial score (nSPS) is 57.5. The van der Waals surface area contributed by atoms with Gasteiger partial charge in [-0.2, -0.15) is 0 Å². The first-order valence-corrected chi connectivity index (χ1v) is 20.0. The van der Waals surface area contributed by atoms with Gasteiger partial charge in [0.05, 0.1) is 32.0 Å². The molecule has 0 aromatic rings. The zero-order chi connectivity index (χ0) is 36.9. The summed E-state index contributed by atoms with van der Waals surface area (Å²) in [4.78, 5) is 0. The quantitative estimate of drug-likeness (QED) is 0.193. The van der Waals surface area contributed by atoms with Crippen molar-refractivity contribution in [2.75, 3.05) is 19.8 Å². The molecule has 1 spiro atoms. The summed E-state index contributed by atoms with van der Waals surface area (Å²) < 4.78 is 37.4. The Bertz CT molecular complexity index is 1320. The number of aliphatic hydroxyl groups is 7. The van der Waals surface area contributed by atoms with Crippen LogP contribution in [0.15, 0.2) is 11.6 Å². The molecule has 52 heavy (non-hydrogen) atoms. The number of fused-ring (bicyclic) bond motifs is 7. The molecule has 8 aliphatic rings. The van der Waals surface area contributed by atoms with Crippen molar-refractivity contribution in [3.8, 4) is 0 Å². The maximum absolute atomic E-state index is 11.1. The third-order valence-electron chi connectivity index (χ3n) is 15.6. The number of ether oxygens (including phenoxy) is 6. The Hall–Kier alpha value is -0.780. The second-order valence-corrected chi connectivity index (χ2v) is 18.3. The van der Waals surface area contributed by atoms with Crippen LogP contribution >= 0.6 is 0 Å². The van der Waals surface area contributed by atoms with Crippen LogP contribution < -0.4 is 0 Å². The molecule has 0 aromatic carbocycles. The number of allylic oxidation sites excluding steroid dienone is 1. The highest BCUT2D eigenvalue weighted by atomic mass is 16.8. The number of hydrogen-bond acceptors (Lipinski definition) is 13. The molecule has 13 nitrogen and oxygen atoms in total. The van der Waals surface area contributed by atoms with Crippen molar-refractivity contribution < 1.29 is 64.2 Å². The van der Waals surface area contributed by atoms with Crippen LogP contribution in [0.5, 0.6) is 0 Å². The number of aliphatic hydroxyl groups excluding tert-OH is 7. The van der Waals surface area contributed by atoms with E-state index in [9.17, 15) is 35.7 Å². The number of hydrogen-bond donors (Lipinski definition) is 7. The van der Waals surface area contributed by atoms with Crippen LogP contribution in [0.25, 0.3) is 0 Å². The summed E-state index contributed by atoms with van der Waals surface area (Å²) in [7, 11) is 0. The molecule has 13 heteroatoms. The highest BCUT2D eigenvalue weighted by Crippen LogP contribution is 2.70. The molecular weight excluding hydrogens is 676 g/mol. The van der Waals surface area contributed by atoms with Crippen molar-refractivity contribution in [2.45, 2.75) is 165 Å². The first-order chi connectivity index (χ1) is 24.7. The Balaban J connectivity index is 0.964. The average Bonchev–Trinajstić information content (AvgIpc) is 3.58. The minimum atomic E-state index is -1.72. The van der Waals surface area contributed by atoms with Crippen molar-refractivity contribution in [3.05, 3.63) is 11.6 Å². The van der Waals surface area contributed by atoms with Crippen molar-refractivity contribution in [1.82, 2.24) is 0 Å². The molecule has 0 radical (unpaired) electrons. The molecule has 4 saturated heterocycles. The zero-order valence-corrected chi connectivity index (χ0v) is 31.0. The van der Waals surface area contributed by atoms with Crippen molar-refractivity contribution >= 4 is 0 Å². The smallest absolute Gasteiger partial charge is 0.187 e. The average molecular weight is 739 g/mol. The minimum Gasteiger partial charge on any atom is -0.394 e. The molecule has 0 unspecified atom stereocenters. The number of rotatable bonds is 6. The fraction of sp³-hybridized carbons (Fsp3) is 0.949. The zero-order valence-electron chi connectivity index (χ0n) is 31.0. The molecule has 0 aromatic heterocycles. The van der Waals surface area contributed by atoms with Crippen molar-refractivity contribution in [3.63, 3.8) is 0 Å². The van der Waals surface area contributed by atoms with E-state index in [1.165, 1.54) is 18.4 Å². The van der Waals surface area contributed by atoms with Gasteiger partial charge in [-0.15, -0.1) is 0 Å². The highest BCUT2D eigenvalue weighted by molar-refractivity contribution is 5.26. The van der Waals surface area contributed by atoms with Gasteiger partial charge in [-0.05, 0) is 91.8 Å². The van der Waals surface area contributed by atoms with Crippen molar-refractivity contribution in [1.29, 1.82) is 0 Å². The summed E-state index contributed by atoms with van der Waals surface area (Å²) in [6.45, 7) is 9.20. The van der Waals surface area contributed by atoms with Gasteiger partial charge in [-0.3, -0.25) is 0 Å². The summed E-state index contributed by atoms with van der Waals surface area (Å²) in [5.41, 5.74) is 1.63. The van der Waals surface area contributed by atoms with Crippen LogP contribution in [0.3, 0.4) is 0 Å². The highest BCUT2D eigenvalue weighted by Gasteiger charge is 2.68. The van der Waals surface area contributed by atoms with Crippen LogP contribution in [0.1, 0.15) is 85.5 Å². The Morgan fingerprint density at radius 3 is 2.19 bits per heavy atom. The molecule has 296 valence electrons. The Kier molecular flexibility index (Phi) is 10.3. The molecule has 21 atom stereocenters. The molecule has 4 aliphatic heterocycles. The minimum absolute atomic E-state index is 0.0289. The topological polar surface area (TPSA) is 197 Å². The lowest BCUT2D eigenvalue weighted by atomic mass is 9.47. The van der Waals surface area contributed by atoms with Gasteiger partial charge in [0.15, 0.2) is 18.4 Å². The van der Waals surface area contributed by atoms with Gasteiger partial charge in [0.2, 0.25) is 0 Å². The molecule has 3 saturated carbocycles. The van der Waals surface area contributed by atoms with Gasteiger partial charge in [-0.25, -0.2) is 0 Å². The largest absolute Gasteiger partial charge is 0.394 e. The van der Waals surface area contributed by atoms with Gasteiger partial charge in [0, 0.05) is 12.3 Å². The SMILES string of the molecule is C[C@@H]1CC[C@@]2(OC1)O[C@H]1C[C@H]3[C@@H]4CC=C5C[C@@H](O[C@@H]6O[C@H](CO)[C@H](O)[C@H](O)[C@H]6O[C@@H]6O[C@H](CO)[C@@H](O)[C@H](O)[C@H]6O)CC[C@]5(C)[C@H]4CC[C@]3(C)[C@H]1[C@@H]2C. The van der Waals surface area contributed by atoms with E-state index in [2.05, 4.69) is 33.8 Å². The lowest BCUT2D eigenvalue weighted by Gasteiger charge is -2.58. The molecular formula is C39H62O13. The Morgan fingerprint density at radius 1 is 0.788 bits per heavy atom. The van der Waals surface area contributed by atoms with Gasteiger partial charge in [0.25, 0.3) is 0 Å². The summed E-state index contributed by atoms with van der Waals surface area (Å²) in [6.07, 6.45) is -3.28. The standard InChI is InChI=1S/C39H62O13/c1-18-7-12-39(47-17-18)19(2)28-25(52-39)14-24-22-6-5-20-13-21(8-10-37(20,3)23(22)9-11-38(24,28)4)48-36-34(32(45)30(43)27(16-41)50-36)51-35-33(46)31(44)29(42)26(15-40)49-35/h5,18-19,21-36,40-46H,6-17H2,1-4H3/t18-,19+,21+,22-,23+,24+,25+,26-,27-,28+,29-,30+,31+,32+,33-,34-,35+,36-,37+,38+,39-/m1/s1. The Labute approximate surface area is 306 Å². The lowest BCUT2D eigenvalue weighted by Crippen LogP contribution is -2.65. The first kappa shape index (κ1) is 38.1. The third-order valence-corrected chi connectivity index (χ3v) is 15.6. The van der Waals surface area contributed by atoms with Crippen LogP contribution in [0, 0.1) is 46.3 Å². The molecule has 0 bridgehead atoms. The van der Waals surface area contributed by atoms with E-state index in [1.54, 1.807) is 0 Å². The summed E-state index contributed by atoms with van der Waals surface area (Å²) >= 11 is 0. The molecule has 0 amide bonds. The predicted molar refractivity (Wildman–Crippen MR) is 183 cm³/mol. The maximum atomic E-state index is 11.1. The summed E-state index contributed by atoms with van der Waals surface area (Å²) in [5, 5.41) is 72.6. The summed E-state index contributed by atoms with van der Waals surface area (Å²) in [6, 6.07) is 0. The Morgan fingerprint density at radius 2 is 1.50 bits per heavy atom. The van der Waals surface area contributed by atoms with E-state index in [1.807, 2.05) is 0 Å². The van der Waals surface area contributed by atoms with E-state index in [4.69, 9.17) is 28.4 Å². The first-order valence-electron chi connectivity index (χ1n) is 20.0. The van der Waals surface area contributed by atoms with E-state index < -0.39 is 80.4 Å². The van der Waals surface area contributed by atoms with Gasteiger partial charge in [-0.1, -0.05) is 39.3 Å². The van der Waals surface area contributed by atoms with E-state index in [0.29, 0.717) is 41.9 Å². The van der Waals surface area contributed by atoms with E-state index in [0.717, 1.165) is 45.1 Å². The molecule has 4 heterocycles. The predicted octanol–water partition coefficient (Wildman–Crippen LogP) is 1.36.